The van der Waals surface area contributed by atoms with Gasteiger partial charge < -0.3 is 27.0 Å². The number of hydrogen-bond donors (Lipinski definition) is 5. The Morgan fingerprint density at radius 1 is 1.15 bits per heavy atom. The second-order valence-corrected chi connectivity index (χ2v) is 8.74. The molecular weight excluding hydrogens is 545 g/mol. The molecule has 3 amide bonds. The smallest absolute Gasteiger partial charge is 0.332 e. The first-order valence-corrected chi connectivity index (χ1v) is 12.7. The van der Waals surface area contributed by atoms with Crippen LogP contribution in [0.1, 0.15) is 35.2 Å². The summed E-state index contributed by atoms with van der Waals surface area (Å²) in [6.07, 6.45) is 0.955. The van der Waals surface area contributed by atoms with Crippen LogP contribution in [-0.4, -0.2) is 52.6 Å². The lowest BCUT2D eigenvalue weighted by atomic mass is 10.1. The summed E-state index contributed by atoms with van der Waals surface area (Å²) in [5.41, 5.74) is 11.9. The zero-order chi connectivity index (χ0) is 29.9. The van der Waals surface area contributed by atoms with Crippen molar-refractivity contribution < 1.29 is 27.6 Å². The second-order valence-electron chi connectivity index (χ2n) is 8.46. The van der Waals surface area contributed by atoms with Gasteiger partial charge in [-0.3, -0.25) is 19.4 Å². The predicted molar refractivity (Wildman–Crippen MR) is 152 cm³/mol. The zero-order valence-corrected chi connectivity index (χ0v) is 22.5. The molecule has 2 aromatic rings. The highest BCUT2D eigenvalue weighted by atomic mass is 32.1. The number of alkyl halides is 3. The van der Waals surface area contributed by atoms with Gasteiger partial charge in [0, 0.05) is 25.1 Å². The van der Waals surface area contributed by atoms with Crippen molar-refractivity contribution in [1.29, 1.82) is 0 Å². The van der Waals surface area contributed by atoms with Gasteiger partial charge in [-0.15, -0.1) is 0 Å². The molecule has 0 fully saturated rings. The minimum atomic E-state index is -4.54. The number of rotatable bonds is 13. The highest BCUT2D eigenvalue weighted by molar-refractivity contribution is 7.80. The highest BCUT2D eigenvalue weighted by Crippen LogP contribution is 2.29. The Kier molecular flexibility index (Phi) is 12.1. The molecule has 0 aliphatic heterocycles. The van der Waals surface area contributed by atoms with Crippen molar-refractivity contribution in [3.63, 3.8) is 0 Å². The summed E-state index contributed by atoms with van der Waals surface area (Å²) < 4.78 is 38.9. The second kappa shape index (κ2) is 15.0. The molecule has 1 atom stereocenters. The molecule has 1 unspecified atom stereocenters. The molecule has 0 saturated carbocycles. The van der Waals surface area contributed by atoms with Gasteiger partial charge in [-0.05, 0) is 42.3 Å². The van der Waals surface area contributed by atoms with E-state index in [4.69, 9.17) is 11.5 Å². The van der Waals surface area contributed by atoms with Crippen LogP contribution in [0.4, 0.5) is 18.9 Å². The Balaban J connectivity index is 2.28. The van der Waals surface area contributed by atoms with Crippen LogP contribution in [0, 0.1) is 0 Å². The average molecular weight is 577 g/mol. The first-order chi connectivity index (χ1) is 18.9. The third-order valence-electron chi connectivity index (χ3n) is 5.60. The predicted octanol–water partition coefficient (Wildman–Crippen LogP) is 3.26. The summed E-state index contributed by atoms with van der Waals surface area (Å²) in [6.45, 7) is 7.88. The van der Waals surface area contributed by atoms with E-state index < -0.39 is 29.6 Å². The van der Waals surface area contributed by atoms with E-state index in [-0.39, 0.29) is 48.1 Å². The number of aromatic nitrogens is 1. The summed E-state index contributed by atoms with van der Waals surface area (Å²) in [4.78, 5) is 43.9. The highest BCUT2D eigenvalue weighted by Gasteiger charge is 2.30. The first kappa shape index (κ1) is 32.3. The molecule has 9 nitrogen and oxygen atoms in total. The van der Waals surface area contributed by atoms with Crippen LogP contribution in [-0.2, 0) is 20.6 Å². The van der Waals surface area contributed by atoms with Crippen LogP contribution in [0.2, 0.25) is 0 Å². The maximum atomic E-state index is 13.2. The molecule has 0 aliphatic carbocycles. The van der Waals surface area contributed by atoms with Crippen LogP contribution < -0.4 is 22.1 Å². The number of carbonyl (C=O) groups excluding carboxylic acids is 3. The molecule has 6 N–H and O–H groups in total. The molecular formula is C27H31F3N6O3S. The fourth-order valence-corrected chi connectivity index (χ4v) is 3.71. The minimum Gasteiger partial charge on any atom is -0.332 e. The Morgan fingerprint density at radius 2 is 1.82 bits per heavy atom. The number of thiol groups is 1. The molecule has 40 heavy (non-hydrogen) atoms. The van der Waals surface area contributed by atoms with Gasteiger partial charge >= 0.3 is 6.18 Å². The van der Waals surface area contributed by atoms with Crippen molar-refractivity contribution in [1.82, 2.24) is 15.2 Å². The molecule has 0 radical (unpaired) electrons. The van der Waals surface area contributed by atoms with Gasteiger partial charge in [0.15, 0.2) is 0 Å². The quantitative estimate of drug-likeness (QED) is 0.141. The number of hydrogen-bond acceptors (Lipinski definition) is 7. The normalized spacial score (nSPS) is 12.3. The van der Waals surface area contributed by atoms with E-state index in [9.17, 15) is 27.6 Å². The number of anilines is 1. The third kappa shape index (κ3) is 9.36. The Hall–Kier alpha value is -3.94. The number of nitrogens with zero attached hydrogens (tertiary/aromatic N) is 2. The van der Waals surface area contributed by atoms with E-state index in [2.05, 4.69) is 41.4 Å². The topological polar surface area (TPSA) is 143 Å². The molecule has 0 saturated heterocycles. The summed E-state index contributed by atoms with van der Waals surface area (Å²) in [5.74, 6) is -1.71. The van der Waals surface area contributed by atoms with Gasteiger partial charge in [-0.2, -0.15) is 25.8 Å². The van der Waals surface area contributed by atoms with Gasteiger partial charge in [0.25, 0.3) is 5.91 Å². The lowest BCUT2D eigenvalue weighted by Crippen LogP contribution is -2.43. The summed E-state index contributed by atoms with van der Waals surface area (Å²) in [7, 11) is 0. The van der Waals surface area contributed by atoms with Crippen LogP contribution in [0.5, 0.6) is 0 Å². The monoisotopic (exact) mass is 576 g/mol. The SMILES string of the molecule is C=Cc1cc(NC(=O)/C(=C\c2ccc(C(F)(F)F)cc2)NC(=O)C(N)CCC(=O)N(CS)CCN)cnc1C=C. The lowest BCUT2D eigenvalue weighted by Gasteiger charge is -2.20. The Labute approximate surface area is 235 Å². The Bertz CT molecular complexity index is 1270. The molecule has 2 rings (SSSR count). The van der Waals surface area contributed by atoms with Gasteiger partial charge in [-0.1, -0.05) is 31.4 Å². The van der Waals surface area contributed by atoms with Gasteiger partial charge in [0.2, 0.25) is 11.8 Å². The maximum Gasteiger partial charge on any atom is 0.416 e. The molecule has 1 heterocycles. The van der Waals surface area contributed by atoms with Crippen LogP contribution in [0.25, 0.3) is 18.2 Å². The van der Waals surface area contributed by atoms with Crippen LogP contribution in [0.3, 0.4) is 0 Å². The van der Waals surface area contributed by atoms with E-state index in [1.165, 1.54) is 29.3 Å². The van der Waals surface area contributed by atoms with Gasteiger partial charge in [0.05, 0.1) is 35.1 Å². The van der Waals surface area contributed by atoms with Gasteiger partial charge in [-0.25, -0.2) is 0 Å². The number of pyridine rings is 1. The molecule has 214 valence electrons. The minimum absolute atomic E-state index is 0.0374. The van der Waals surface area contributed by atoms with E-state index in [0.29, 0.717) is 17.8 Å². The van der Waals surface area contributed by atoms with Crippen molar-refractivity contribution in [2.24, 2.45) is 11.5 Å². The maximum absolute atomic E-state index is 13.2. The standard InChI is InChI=1S/C27H31F3N6O3S/c1-3-18-14-20(15-33-22(18)4-2)34-26(39)23(13-17-5-7-19(8-6-17)27(28,29)30)35-25(38)21(32)9-10-24(37)36(16-40)12-11-31/h3-8,13-15,21,40H,1-2,9-12,16,31-32H2,(H,34,39)(H,35,38)/b23-13+. The van der Waals surface area contributed by atoms with Crippen molar-refractivity contribution in [2.75, 3.05) is 24.3 Å². The van der Waals surface area contributed by atoms with Crippen LogP contribution in [0.15, 0.2) is 55.4 Å². The largest absolute Gasteiger partial charge is 0.416 e. The first-order valence-electron chi connectivity index (χ1n) is 12.0. The van der Waals surface area contributed by atoms with Crippen molar-refractivity contribution >= 4 is 54.3 Å². The number of nitrogens with two attached hydrogens (primary N) is 2. The van der Waals surface area contributed by atoms with Crippen molar-refractivity contribution in [3.8, 4) is 0 Å². The lowest BCUT2D eigenvalue weighted by molar-refractivity contribution is -0.137. The summed E-state index contributed by atoms with van der Waals surface area (Å²) in [6, 6.07) is 4.42. The molecule has 1 aromatic carbocycles. The fourth-order valence-electron chi connectivity index (χ4n) is 3.41. The zero-order valence-electron chi connectivity index (χ0n) is 21.6. The average Bonchev–Trinajstić information content (AvgIpc) is 2.93. The number of nitrogens with one attached hydrogen (secondary N) is 2. The molecule has 1 aromatic heterocycles. The van der Waals surface area contributed by atoms with Crippen LogP contribution >= 0.6 is 12.6 Å². The number of benzene rings is 1. The number of amides is 3. The van der Waals surface area contributed by atoms with E-state index in [1.807, 2.05) is 0 Å². The summed E-state index contributed by atoms with van der Waals surface area (Å²) in [5, 5.41) is 5.01. The Morgan fingerprint density at radius 3 is 2.38 bits per heavy atom. The summed E-state index contributed by atoms with van der Waals surface area (Å²) >= 11 is 4.09. The van der Waals surface area contributed by atoms with Crippen molar-refractivity contribution in [3.05, 3.63) is 77.8 Å². The fraction of sp³-hybridized carbons (Fsp3) is 0.259. The molecule has 0 bridgehead atoms. The molecule has 13 heteroatoms. The van der Waals surface area contributed by atoms with Gasteiger partial charge in [0.1, 0.15) is 5.70 Å². The van der Waals surface area contributed by atoms with Crippen molar-refractivity contribution in [2.45, 2.75) is 25.1 Å². The number of halogens is 3. The molecule has 0 aliphatic rings. The third-order valence-corrected chi connectivity index (χ3v) is 5.94. The molecule has 0 spiro atoms. The van der Waals surface area contributed by atoms with E-state index >= 15 is 0 Å². The van der Waals surface area contributed by atoms with E-state index in [0.717, 1.165) is 24.3 Å². The van der Waals surface area contributed by atoms with E-state index in [1.54, 1.807) is 6.07 Å². The number of carbonyl (C=O) groups is 3.